The molecular weight excluding hydrogens is 326 g/mol. The molecule has 2 aromatic rings. The summed E-state index contributed by atoms with van der Waals surface area (Å²) in [5.41, 5.74) is 0.542. The van der Waals surface area contributed by atoms with E-state index in [-0.39, 0.29) is 23.3 Å². The van der Waals surface area contributed by atoms with E-state index in [1.54, 1.807) is 34.6 Å². The number of benzene rings is 1. The quantitative estimate of drug-likeness (QED) is 0.918. The van der Waals surface area contributed by atoms with Gasteiger partial charge in [-0.15, -0.1) is 12.4 Å². The van der Waals surface area contributed by atoms with E-state index in [0.717, 1.165) is 0 Å². The van der Waals surface area contributed by atoms with E-state index < -0.39 is 10.0 Å². The Labute approximate surface area is 135 Å². The number of nitrogens with one attached hydrogen (secondary N) is 1. The lowest BCUT2D eigenvalue weighted by atomic mass is 10.2. The summed E-state index contributed by atoms with van der Waals surface area (Å²) in [5.74, 6) is 0.456. The van der Waals surface area contributed by atoms with Gasteiger partial charge >= 0.3 is 0 Å². The first-order valence-electron chi connectivity index (χ1n) is 6.83. The lowest BCUT2D eigenvalue weighted by Crippen LogP contribution is -2.52. The molecule has 1 unspecified atom stereocenters. The van der Waals surface area contributed by atoms with Crippen molar-refractivity contribution in [1.82, 2.24) is 14.8 Å². The normalized spacial score (nSPS) is 19.6. The van der Waals surface area contributed by atoms with Gasteiger partial charge in [0.25, 0.3) is 0 Å². The van der Waals surface area contributed by atoms with Crippen molar-refractivity contribution in [3.8, 4) is 11.3 Å². The van der Waals surface area contributed by atoms with E-state index >= 15 is 0 Å². The monoisotopic (exact) mass is 343 g/mol. The molecule has 0 radical (unpaired) electrons. The van der Waals surface area contributed by atoms with Crippen molar-refractivity contribution in [2.75, 3.05) is 19.6 Å². The second-order valence-electron chi connectivity index (χ2n) is 5.04. The number of piperazine rings is 1. The summed E-state index contributed by atoms with van der Waals surface area (Å²) in [5, 5.41) is 6.85. The van der Waals surface area contributed by atoms with E-state index in [1.165, 1.54) is 6.20 Å². The maximum Gasteiger partial charge on any atom is 0.244 e. The highest BCUT2D eigenvalue weighted by atomic mass is 35.5. The van der Waals surface area contributed by atoms with Gasteiger partial charge in [0.1, 0.15) is 0 Å². The minimum Gasteiger partial charge on any atom is -0.356 e. The molecule has 1 N–H and O–H groups in total. The van der Waals surface area contributed by atoms with Gasteiger partial charge in [0.05, 0.1) is 11.1 Å². The van der Waals surface area contributed by atoms with Gasteiger partial charge in [-0.2, -0.15) is 4.31 Å². The molecule has 1 aromatic heterocycles. The van der Waals surface area contributed by atoms with Gasteiger partial charge in [-0.3, -0.25) is 0 Å². The van der Waals surface area contributed by atoms with Crippen molar-refractivity contribution < 1.29 is 12.9 Å². The minimum atomic E-state index is -3.56. The van der Waals surface area contributed by atoms with Crippen molar-refractivity contribution >= 4 is 22.4 Å². The summed E-state index contributed by atoms with van der Waals surface area (Å²) in [6.45, 7) is 3.69. The Kier molecular flexibility index (Phi) is 5.23. The van der Waals surface area contributed by atoms with Gasteiger partial charge in [0, 0.05) is 37.3 Å². The highest BCUT2D eigenvalue weighted by Gasteiger charge is 2.33. The van der Waals surface area contributed by atoms with Gasteiger partial charge < -0.3 is 9.84 Å². The standard InChI is InChI=1S/C14H17N3O3S.ClH/c1-11-10-15-8-9-17(11)21(18,19)14-5-3-2-4-12(14)13-6-7-16-20-13;/h2-7,11,15H,8-10H2,1H3;1H. The van der Waals surface area contributed by atoms with Gasteiger partial charge in [-0.25, -0.2) is 8.42 Å². The summed E-state index contributed by atoms with van der Waals surface area (Å²) in [4.78, 5) is 0.260. The molecule has 8 heteroatoms. The number of hydrogen-bond acceptors (Lipinski definition) is 5. The van der Waals surface area contributed by atoms with Crippen LogP contribution in [0.1, 0.15) is 6.92 Å². The predicted octanol–water partition coefficient (Wildman–Crippen LogP) is 1.75. The molecule has 120 valence electrons. The first kappa shape index (κ1) is 17.0. The highest BCUT2D eigenvalue weighted by Crippen LogP contribution is 2.30. The largest absolute Gasteiger partial charge is 0.356 e. The number of hydrogen-bond donors (Lipinski definition) is 1. The van der Waals surface area contributed by atoms with Crippen LogP contribution in [0.25, 0.3) is 11.3 Å². The molecule has 2 heterocycles. The van der Waals surface area contributed by atoms with Crippen molar-refractivity contribution in [1.29, 1.82) is 0 Å². The molecule has 6 nitrogen and oxygen atoms in total. The van der Waals surface area contributed by atoms with Crippen molar-refractivity contribution in [2.24, 2.45) is 0 Å². The first-order valence-corrected chi connectivity index (χ1v) is 8.27. The molecule has 0 aliphatic carbocycles. The van der Waals surface area contributed by atoms with E-state index in [0.29, 0.717) is 31.0 Å². The Morgan fingerprint density at radius 3 is 2.77 bits per heavy atom. The molecule has 0 amide bonds. The molecule has 3 rings (SSSR count). The molecule has 1 aliphatic rings. The van der Waals surface area contributed by atoms with Gasteiger partial charge in [0.2, 0.25) is 10.0 Å². The number of halogens is 1. The zero-order chi connectivity index (χ0) is 14.9. The van der Waals surface area contributed by atoms with E-state index in [4.69, 9.17) is 4.52 Å². The summed E-state index contributed by atoms with van der Waals surface area (Å²) in [7, 11) is -3.56. The summed E-state index contributed by atoms with van der Waals surface area (Å²) < 4.78 is 32.6. The van der Waals surface area contributed by atoms with Crippen LogP contribution in [-0.4, -0.2) is 43.6 Å². The molecule has 22 heavy (non-hydrogen) atoms. The minimum absolute atomic E-state index is 0. The number of rotatable bonds is 3. The SMILES string of the molecule is CC1CNCCN1S(=O)(=O)c1ccccc1-c1ccno1.Cl. The molecule has 0 bridgehead atoms. The van der Waals surface area contributed by atoms with Crippen molar-refractivity contribution in [2.45, 2.75) is 17.9 Å². The Morgan fingerprint density at radius 2 is 2.09 bits per heavy atom. The molecule has 0 spiro atoms. The van der Waals surface area contributed by atoms with Crippen molar-refractivity contribution in [3.05, 3.63) is 36.5 Å². The van der Waals surface area contributed by atoms with Crippen LogP contribution in [0, 0.1) is 0 Å². The molecule has 1 aliphatic heterocycles. The van der Waals surface area contributed by atoms with Crippen molar-refractivity contribution in [3.63, 3.8) is 0 Å². The first-order chi connectivity index (χ1) is 10.1. The lowest BCUT2D eigenvalue weighted by Gasteiger charge is -2.33. The zero-order valence-electron chi connectivity index (χ0n) is 12.1. The van der Waals surface area contributed by atoms with Crippen LogP contribution in [-0.2, 0) is 10.0 Å². The average Bonchev–Trinajstić information content (AvgIpc) is 3.01. The molecule has 1 saturated heterocycles. The highest BCUT2D eigenvalue weighted by molar-refractivity contribution is 7.89. The third-order valence-electron chi connectivity index (χ3n) is 3.62. The second kappa shape index (κ2) is 6.78. The Balaban J connectivity index is 0.00000176. The second-order valence-corrected chi connectivity index (χ2v) is 6.90. The number of aromatic nitrogens is 1. The van der Waals surface area contributed by atoms with Crippen LogP contribution in [0.4, 0.5) is 0 Å². The smallest absolute Gasteiger partial charge is 0.244 e. The van der Waals surface area contributed by atoms with Crippen LogP contribution in [0.15, 0.2) is 45.9 Å². The van der Waals surface area contributed by atoms with Gasteiger partial charge in [0.15, 0.2) is 5.76 Å². The van der Waals surface area contributed by atoms with Crippen LogP contribution in [0.3, 0.4) is 0 Å². The molecule has 1 atom stereocenters. The van der Waals surface area contributed by atoms with Crippen LogP contribution >= 0.6 is 12.4 Å². The topological polar surface area (TPSA) is 75.4 Å². The maximum atomic E-state index is 12.9. The van der Waals surface area contributed by atoms with E-state index in [2.05, 4.69) is 10.5 Å². The van der Waals surface area contributed by atoms with E-state index in [1.807, 2.05) is 6.92 Å². The predicted molar refractivity (Wildman–Crippen MR) is 85.4 cm³/mol. The third-order valence-corrected chi connectivity index (χ3v) is 5.69. The molecular formula is C14H18ClN3O3S. The Hall–Kier alpha value is -1.41. The summed E-state index contributed by atoms with van der Waals surface area (Å²) in [6.07, 6.45) is 1.51. The third kappa shape index (κ3) is 3.03. The fourth-order valence-corrected chi connectivity index (χ4v) is 4.39. The van der Waals surface area contributed by atoms with Crippen LogP contribution in [0.2, 0.25) is 0 Å². The zero-order valence-corrected chi connectivity index (χ0v) is 13.7. The van der Waals surface area contributed by atoms with Crippen LogP contribution < -0.4 is 5.32 Å². The average molecular weight is 344 g/mol. The molecule has 1 aromatic carbocycles. The lowest BCUT2D eigenvalue weighted by molar-refractivity contribution is 0.284. The van der Waals surface area contributed by atoms with Crippen LogP contribution in [0.5, 0.6) is 0 Å². The summed E-state index contributed by atoms with van der Waals surface area (Å²) in [6, 6.07) is 8.45. The van der Waals surface area contributed by atoms with Gasteiger partial charge in [-0.05, 0) is 19.1 Å². The fourth-order valence-electron chi connectivity index (χ4n) is 2.56. The number of sulfonamides is 1. The van der Waals surface area contributed by atoms with Gasteiger partial charge in [-0.1, -0.05) is 17.3 Å². The fraction of sp³-hybridized carbons (Fsp3) is 0.357. The molecule has 0 saturated carbocycles. The summed E-state index contributed by atoms with van der Waals surface area (Å²) >= 11 is 0. The van der Waals surface area contributed by atoms with E-state index in [9.17, 15) is 8.42 Å². The molecule has 1 fully saturated rings. The maximum absolute atomic E-state index is 12.9. The Bertz CT molecular complexity index is 719. The number of nitrogens with zero attached hydrogens (tertiary/aromatic N) is 2. The Morgan fingerprint density at radius 1 is 1.32 bits per heavy atom.